The lowest BCUT2D eigenvalue weighted by Crippen LogP contribution is -2.15. The number of hydrogen-bond donors (Lipinski definition) is 1. The number of fused-ring (bicyclic) bond motifs is 1. The number of aromatic nitrogens is 3. The second-order valence-electron chi connectivity index (χ2n) is 4.50. The summed E-state index contributed by atoms with van der Waals surface area (Å²) in [5.74, 6) is 0. The first-order valence-corrected chi connectivity index (χ1v) is 6.37. The Labute approximate surface area is 115 Å². The van der Waals surface area contributed by atoms with E-state index in [1.165, 1.54) is 6.20 Å². The van der Waals surface area contributed by atoms with Crippen LogP contribution in [-0.2, 0) is 13.1 Å². The monoisotopic (exact) mass is 266 g/mol. The van der Waals surface area contributed by atoms with Crippen LogP contribution in [0.5, 0.6) is 0 Å². The van der Waals surface area contributed by atoms with E-state index in [1.807, 2.05) is 36.4 Å². The molecule has 2 N–H and O–H groups in total. The van der Waals surface area contributed by atoms with E-state index < -0.39 is 0 Å². The maximum absolute atomic E-state index is 11.8. The van der Waals surface area contributed by atoms with Gasteiger partial charge in [-0.05, 0) is 23.8 Å². The lowest BCUT2D eigenvalue weighted by Gasteiger charge is -2.11. The number of pyridine rings is 1. The fraction of sp³-hybridized carbons (Fsp3) is 0.133. The minimum absolute atomic E-state index is 0.0675. The molecule has 0 atom stereocenters. The molecule has 0 saturated heterocycles. The highest BCUT2D eigenvalue weighted by Gasteiger charge is 2.06. The van der Waals surface area contributed by atoms with Crippen molar-refractivity contribution in [1.29, 1.82) is 0 Å². The lowest BCUT2D eigenvalue weighted by atomic mass is 10.1. The quantitative estimate of drug-likeness (QED) is 0.775. The molecular weight excluding hydrogens is 252 g/mol. The molecule has 5 nitrogen and oxygen atoms in total. The fourth-order valence-corrected chi connectivity index (χ4v) is 2.25. The van der Waals surface area contributed by atoms with Gasteiger partial charge in [0.2, 0.25) is 5.43 Å². The van der Waals surface area contributed by atoms with E-state index >= 15 is 0 Å². The van der Waals surface area contributed by atoms with Gasteiger partial charge in [0.05, 0.1) is 24.0 Å². The highest BCUT2D eigenvalue weighted by atomic mass is 16.1. The topological polar surface area (TPSA) is 73.8 Å². The van der Waals surface area contributed by atoms with Gasteiger partial charge in [-0.2, -0.15) is 5.10 Å². The van der Waals surface area contributed by atoms with E-state index in [2.05, 4.69) is 10.1 Å². The fourth-order valence-electron chi connectivity index (χ4n) is 2.25. The molecule has 0 saturated carbocycles. The van der Waals surface area contributed by atoms with Crippen molar-refractivity contribution in [2.24, 2.45) is 5.73 Å². The van der Waals surface area contributed by atoms with Crippen molar-refractivity contribution >= 4 is 10.9 Å². The highest BCUT2D eigenvalue weighted by Crippen LogP contribution is 2.12. The van der Waals surface area contributed by atoms with E-state index in [-0.39, 0.29) is 5.43 Å². The molecular formula is C15H14N4O. The first-order chi connectivity index (χ1) is 9.79. The first-order valence-electron chi connectivity index (χ1n) is 6.37. The van der Waals surface area contributed by atoms with E-state index in [0.717, 1.165) is 16.8 Å². The number of rotatable bonds is 3. The van der Waals surface area contributed by atoms with Crippen LogP contribution in [0.25, 0.3) is 10.9 Å². The van der Waals surface area contributed by atoms with Gasteiger partial charge >= 0.3 is 0 Å². The molecule has 0 spiro atoms. The van der Waals surface area contributed by atoms with Gasteiger partial charge in [0.1, 0.15) is 0 Å². The SMILES string of the molecule is NCc1ncccc1Cn1ncc(=O)c2ccccc21. The Morgan fingerprint density at radius 1 is 1.15 bits per heavy atom. The summed E-state index contributed by atoms with van der Waals surface area (Å²) >= 11 is 0. The number of nitrogens with zero attached hydrogens (tertiary/aromatic N) is 3. The van der Waals surface area contributed by atoms with Crippen LogP contribution in [0.2, 0.25) is 0 Å². The third-order valence-corrected chi connectivity index (χ3v) is 3.26. The summed E-state index contributed by atoms with van der Waals surface area (Å²) in [4.78, 5) is 16.1. The van der Waals surface area contributed by atoms with Crippen LogP contribution in [-0.4, -0.2) is 14.8 Å². The van der Waals surface area contributed by atoms with Crippen molar-refractivity contribution in [2.75, 3.05) is 0 Å². The molecule has 0 unspecified atom stereocenters. The predicted molar refractivity (Wildman–Crippen MR) is 77.2 cm³/mol. The van der Waals surface area contributed by atoms with Gasteiger partial charge in [-0.15, -0.1) is 0 Å². The third kappa shape index (κ3) is 2.19. The second kappa shape index (κ2) is 5.22. The van der Waals surface area contributed by atoms with Gasteiger partial charge in [0.25, 0.3) is 0 Å². The molecule has 0 bridgehead atoms. The van der Waals surface area contributed by atoms with Crippen molar-refractivity contribution in [3.05, 3.63) is 70.3 Å². The van der Waals surface area contributed by atoms with Crippen LogP contribution in [0.4, 0.5) is 0 Å². The van der Waals surface area contributed by atoms with Gasteiger partial charge in [-0.25, -0.2) is 0 Å². The van der Waals surface area contributed by atoms with Crippen LogP contribution in [0.1, 0.15) is 11.3 Å². The smallest absolute Gasteiger partial charge is 0.207 e. The largest absolute Gasteiger partial charge is 0.325 e. The van der Waals surface area contributed by atoms with E-state index in [9.17, 15) is 4.79 Å². The standard InChI is InChI=1S/C15H14N4O/c16-8-13-11(4-3-7-17-13)10-19-14-6-2-1-5-12(14)15(20)9-18-19/h1-7,9H,8,10,16H2. The molecule has 0 fully saturated rings. The maximum Gasteiger partial charge on any atom is 0.207 e. The predicted octanol–water partition coefficient (Wildman–Crippen LogP) is 1.30. The molecule has 3 aromatic rings. The van der Waals surface area contributed by atoms with Crippen molar-refractivity contribution in [3.8, 4) is 0 Å². The molecule has 20 heavy (non-hydrogen) atoms. The van der Waals surface area contributed by atoms with Crippen LogP contribution in [0.15, 0.2) is 53.6 Å². The van der Waals surface area contributed by atoms with Gasteiger partial charge < -0.3 is 5.73 Å². The van der Waals surface area contributed by atoms with Crippen molar-refractivity contribution in [3.63, 3.8) is 0 Å². The third-order valence-electron chi connectivity index (χ3n) is 3.26. The molecule has 3 rings (SSSR count). The van der Waals surface area contributed by atoms with Gasteiger partial charge in [-0.3, -0.25) is 14.5 Å². The molecule has 0 radical (unpaired) electrons. The molecule has 5 heteroatoms. The lowest BCUT2D eigenvalue weighted by molar-refractivity contribution is 0.684. The van der Waals surface area contributed by atoms with E-state index in [4.69, 9.17) is 5.73 Å². The Bertz CT molecular complexity index is 810. The summed E-state index contributed by atoms with van der Waals surface area (Å²) in [7, 11) is 0. The Kier molecular flexibility index (Phi) is 3.26. The first kappa shape index (κ1) is 12.5. The van der Waals surface area contributed by atoms with Crippen molar-refractivity contribution in [2.45, 2.75) is 13.1 Å². The van der Waals surface area contributed by atoms with Crippen LogP contribution < -0.4 is 11.2 Å². The summed E-state index contributed by atoms with van der Waals surface area (Å²) in [6, 6.07) is 11.3. The zero-order valence-electron chi connectivity index (χ0n) is 10.9. The Hall–Kier alpha value is -2.53. The molecule has 0 aliphatic rings. The molecule has 0 aliphatic carbocycles. The number of hydrogen-bond acceptors (Lipinski definition) is 4. The molecule has 2 aromatic heterocycles. The molecule has 2 heterocycles. The average Bonchev–Trinajstić information content (AvgIpc) is 2.51. The maximum atomic E-state index is 11.8. The normalized spacial score (nSPS) is 10.8. The number of benzene rings is 1. The van der Waals surface area contributed by atoms with Crippen LogP contribution in [0.3, 0.4) is 0 Å². The molecule has 0 amide bonds. The Morgan fingerprint density at radius 2 is 2.00 bits per heavy atom. The summed E-state index contributed by atoms with van der Waals surface area (Å²) in [5.41, 5.74) is 8.30. The van der Waals surface area contributed by atoms with Gasteiger partial charge in [0.15, 0.2) is 0 Å². The Morgan fingerprint density at radius 3 is 2.85 bits per heavy atom. The minimum Gasteiger partial charge on any atom is -0.325 e. The van der Waals surface area contributed by atoms with E-state index in [0.29, 0.717) is 18.5 Å². The van der Waals surface area contributed by atoms with Gasteiger partial charge in [0, 0.05) is 18.1 Å². The molecule has 0 aliphatic heterocycles. The zero-order chi connectivity index (χ0) is 13.9. The highest BCUT2D eigenvalue weighted by molar-refractivity contribution is 5.77. The van der Waals surface area contributed by atoms with Crippen molar-refractivity contribution < 1.29 is 0 Å². The van der Waals surface area contributed by atoms with Gasteiger partial charge in [-0.1, -0.05) is 18.2 Å². The summed E-state index contributed by atoms with van der Waals surface area (Å²) < 4.78 is 1.80. The van der Waals surface area contributed by atoms with Crippen LogP contribution >= 0.6 is 0 Å². The summed E-state index contributed by atoms with van der Waals surface area (Å²) in [6.07, 6.45) is 3.07. The number of para-hydroxylation sites is 1. The summed E-state index contributed by atoms with van der Waals surface area (Å²) in [5, 5.41) is 4.88. The van der Waals surface area contributed by atoms with E-state index in [1.54, 1.807) is 10.9 Å². The zero-order valence-corrected chi connectivity index (χ0v) is 10.9. The number of nitrogens with two attached hydrogens (primary N) is 1. The Balaban J connectivity index is 2.12. The second-order valence-corrected chi connectivity index (χ2v) is 4.50. The summed E-state index contributed by atoms with van der Waals surface area (Å²) in [6.45, 7) is 0.926. The average molecular weight is 266 g/mol. The van der Waals surface area contributed by atoms with Crippen molar-refractivity contribution in [1.82, 2.24) is 14.8 Å². The minimum atomic E-state index is -0.0675. The molecule has 100 valence electrons. The van der Waals surface area contributed by atoms with Crippen LogP contribution in [0, 0.1) is 0 Å². The molecule has 1 aromatic carbocycles.